The van der Waals surface area contributed by atoms with Gasteiger partial charge in [-0.2, -0.15) is 0 Å². The van der Waals surface area contributed by atoms with E-state index >= 15 is 0 Å². The van der Waals surface area contributed by atoms with E-state index in [0.29, 0.717) is 16.7 Å². The highest BCUT2D eigenvalue weighted by Gasteiger charge is 2.20. The van der Waals surface area contributed by atoms with Crippen molar-refractivity contribution >= 4 is 40.4 Å². The van der Waals surface area contributed by atoms with Crippen LogP contribution in [-0.2, 0) is 14.3 Å². The van der Waals surface area contributed by atoms with Crippen LogP contribution in [0.5, 0.6) is 0 Å². The summed E-state index contributed by atoms with van der Waals surface area (Å²) in [4.78, 5) is 28.9. The number of benzene rings is 2. The Hall–Kier alpha value is -2.80. The van der Waals surface area contributed by atoms with E-state index in [1.807, 2.05) is 48.5 Å². The molecule has 6 nitrogen and oxygen atoms in total. The number of rotatable bonds is 8. The molecule has 0 fully saturated rings. The summed E-state index contributed by atoms with van der Waals surface area (Å²) in [5.41, 5.74) is 3.20. The molecule has 0 radical (unpaired) electrons. The van der Waals surface area contributed by atoms with Crippen LogP contribution in [0.2, 0.25) is 0 Å². The number of hydrogen-bond acceptors (Lipinski definition) is 6. The van der Waals surface area contributed by atoms with Crippen molar-refractivity contribution in [1.82, 2.24) is 4.98 Å². The molecule has 1 heterocycles. The van der Waals surface area contributed by atoms with Crippen molar-refractivity contribution in [3.8, 4) is 0 Å². The van der Waals surface area contributed by atoms with E-state index in [2.05, 4.69) is 24.1 Å². The highest BCUT2D eigenvalue weighted by Crippen LogP contribution is 2.27. The molecule has 3 rings (SSSR count). The van der Waals surface area contributed by atoms with Gasteiger partial charge in [0.1, 0.15) is 11.3 Å². The standard InChI is InChI=1S/C22H24N2O4S/c1-4-14(2)16-9-5-6-10-17(16)23-21(26)15(3)27-20(25)13-29-22-24-18-11-7-8-12-19(18)28-22/h5-12,14-15H,4,13H2,1-3H3,(H,23,26)/t14-,15+/m1/s1. The number of fused-ring (bicyclic) bond motifs is 1. The molecule has 2 atom stereocenters. The number of hydrogen-bond donors (Lipinski definition) is 1. The first-order chi connectivity index (χ1) is 14.0. The van der Waals surface area contributed by atoms with Crippen molar-refractivity contribution in [3.05, 3.63) is 54.1 Å². The number of carbonyl (C=O) groups is 2. The maximum absolute atomic E-state index is 12.5. The number of esters is 1. The lowest BCUT2D eigenvalue weighted by Crippen LogP contribution is -2.31. The fourth-order valence-corrected chi connectivity index (χ4v) is 3.43. The number of ether oxygens (including phenoxy) is 1. The van der Waals surface area contributed by atoms with Gasteiger partial charge in [0.05, 0.1) is 0 Å². The van der Waals surface area contributed by atoms with E-state index in [4.69, 9.17) is 9.15 Å². The molecule has 1 aromatic heterocycles. The Balaban J connectivity index is 1.53. The second kappa shape index (κ2) is 9.60. The molecule has 0 saturated heterocycles. The zero-order valence-corrected chi connectivity index (χ0v) is 17.5. The molecule has 0 saturated carbocycles. The van der Waals surface area contributed by atoms with Gasteiger partial charge in [-0.15, -0.1) is 0 Å². The average Bonchev–Trinajstić information content (AvgIpc) is 3.15. The molecule has 1 amide bonds. The molecule has 152 valence electrons. The van der Waals surface area contributed by atoms with Crippen LogP contribution < -0.4 is 5.32 Å². The topological polar surface area (TPSA) is 81.4 Å². The predicted molar refractivity (Wildman–Crippen MR) is 114 cm³/mol. The lowest BCUT2D eigenvalue weighted by molar-refractivity contribution is -0.150. The van der Waals surface area contributed by atoms with Crippen molar-refractivity contribution in [1.29, 1.82) is 0 Å². The Morgan fingerprint density at radius 2 is 1.86 bits per heavy atom. The molecule has 0 aliphatic carbocycles. The molecule has 1 N–H and O–H groups in total. The van der Waals surface area contributed by atoms with E-state index in [0.717, 1.165) is 35.0 Å². The van der Waals surface area contributed by atoms with Crippen molar-refractivity contribution in [2.75, 3.05) is 11.1 Å². The molecule has 0 bridgehead atoms. The Morgan fingerprint density at radius 1 is 1.14 bits per heavy atom. The van der Waals surface area contributed by atoms with Crippen LogP contribution in [0.15, 0.2) is 58.2 Å². The summed E-state index contributed by atoms with van der Waals surface area (Å²) in [5.74, 6) is -0.540. The molecule has 0 unspecified atom stereocenters. The maximum Gasteiger partial charge on any atom is 0.317 e. The lowest BCUT2D eigenvalue weighted by atomic mass is 9.97. The third kappa shape index (κ3) is 5.38. The van der Waals surface area contributed by atoms with Gasteiger partial charge in [0.2, 0.25) is 0 Å². The van der Waals surface area contributed by atoms with E-state index in [1.54, 1.807) is 6.92 Å². The number of nitrogens with zero attached hydrogens (tertiary/aromatic N) is 1. The van der Waals surface area contributed by atoms with E-state index in [9.17, 15) is 9.59 Å². The van der Waals surface area contributed by atoms with Crippen LogP contribution in [-0.4, -0.2) is 28.7 Å². The van der Waals surface area contributed by atoms with Gasteiger partial charge in [-0.25, -0.2) is 4.98 Å². The highest BCUT2D eigenvalue weighted by molar-refractivity contribution is 7.99. The second-order valence-corrected chi connectivity index (χ2v) is 7.68. The molecule has 3 aromatic rings. The number of aromatic nitrogens is 1. The number of anilines is 1. The predicted octanol–water partition coefficient (Wildman–Crippen LogP) is 5.00. The quantitative estimate of drug-likeness (QED) is 0.414. The molecule has 29 heavy (non-hydrogen) atoms. The molecule has 0 spiro atoms. The van der Waals surface area contributed by atoms with E-state index in [-0.39, 0.29) is 11.7 Å². The highest BCUT2D eigenvalue weighted by atomic mass is 32.2. The average molecular weight is 413 g/mol. The van der Waals surface area contributed by atoms with Gasteiger partial charge in [0.25, 0.3) is 11.1 Å². The first kappa shape index (κ1) is 20.9. The number of nitrogens with one attached hydrogen (secondary N) is 1. The summed E-state index contributed by atoms with van der Waals surface area (Å²) >= 11 is 1.14. The van der Waals surface area contributed by atoms with Crippen LogP contribution in [0.1, 0.15) is 38.7 Å². The summed E-state index contributed by atoms with van der Waals surface area (Å²) in [5, 5.41) is 3.26. The van der Waals surface area contributed by atoms with Crippen LogP contribution in [0, 0.1) is 0 Å². The zero-order valence-electron chi connectivity index (χ0n) is 16.7. The van der Waals surface area contributed by atoms with Gasteiger partial charge in [-0.1, -0.05) is 55.9 Å². The van der Waals surface area contributed by atoms with Gasteiger partial charge < -0.3 is 14.5 Å². The minimum Gasteiger partial charge on any atom is -0.452 e. The molecular formula is C22H24N2O4S. The summed E-state index contributed by atoms with van der Waals surface area (Å²) in [6.07, 6.45) is 0.0570. The largest absolute Gasteiger partial charge is 0.452 e. The van der Waals surface area contributed by atoms with Crippen molar-refractivity contribution in [2.45, 2.75) is 44.4 Å². The second-order valence-electron chi connectivity index (χ2n) is 6.75. The van der Waals surface area contributed by atoms with Crippen LogP contribution >= 0.6 is 11.8 Å². The van der Waals surface area contributed by atoms with Crippen LogP contribution in [0.3, 0.4) is 0 Å². The maximum atomic E-state index is 12.5. The fraction of sp³-hybridized carbons (Fsp3) is 0.318. The van der Waals surface area contributed by atoms with Gasteiger partial charge in [-0.05, 0) is 43.0 Å². The third-order valence-electron chi connectivity index (χ3n) is 4.63. The number of thioether (sulfide) groups is 1. The molecule has 7 heteroatoms. The van der Waals surface area contributed by atoms with Crippen molar-refractivity contribution in [2.24, 2.45) is 0 Å². The Morgan fingerprint density at radius 3 is 2.62 bits per heavy atom. The number of carbonyl (C=O) groups excluding carboxylic acids is 2. The first-order valence-corrected chi connectivity index (χ1v) is 10.5. The molecule has 0 aliphatic rings. The van der Waals surface area contributed by atoms with Gasteiger partial charge in [0, 0.05) is 5.69 Å². The molecule has 2 aromatic carbocycles. The minimum atomic E-state index is -0.906. The summed E-state index contributed by atoms with van der Waals surface area (Å²) in [7, 11) is 0. The van der Waals surface area contributed by atoms with Crippen molar-refractivity contribution < 1.29 is 18.7 Å². The third-order valence-corrected chi connectivity index (χ3v) is 5.43. The summed E-state index contributed by atoms with van der Waals surface area (Å²) in [6, 6.07) is 15.1. The smallest absolute Gasteiger partial charge is 0.317 e. The Kier molecular flexibility index (Phi) is 6.93. The summed E-state index contributed by atoms with van der Waals surface area (Å²) in [6.45, 7) is 5.77. The van der Waals surface area contributed by atoms with Crippen molar-refractivity contribution in [3.63, 3.8) is 0 Å². The monoisotopic (exact) mass is 412 g/mol. The first-order valence-electron chi connectivity index (χ1n) is 9.55. The fourth-order valence-electron chi connectivity index (χ4n) is 2.81. The van der Waals surface area contributed by atoms with E-state index < -0.39 is 12.1 Å². The van der Waals surface area contributed by atoms with Crippen LogP contribution in [0.25, 0.3) is 11.1 Å². The van der Waals surface area contributed by atoms with Gasteiger partial charge in [0.15, 0.2) is 11.7 Å². The number of amides is 1. The van der Waals surface area contributed by atoms with Crippen LogP contribution in [0.4, 0.5) is 5.69 Å². The SMILES string of the molecule is CC[C@@H](C)c1ccccc1NC(=O)[C@H](C)OC(=O)CSc1nc2ccccc2o1. The number of para-hydroxylation sites is 3. The van der Waals surface area contributed by atoms with E-state index in [1.165, 1.54) is 0 Å². The normalized spacial score (nSPS) is 13.1. The lowest BCUT2D eigenvalue weighted by Gasteiger charge is -2.18. The zero-order chi connectivity index (χ0) is 20.8. The number of oxazole rings is 1. The Labute approximate surface area is 174 Å². The van der Waals surface area contributed by atoms with Gasteiger partial charge >= 0.3 is 5.97 Å². The summed E-state index contributed by atoms with van der Waals surface area (Å²) < 4.78 is 10.8. The Bertz CT molecular complexity index is 968. The van der Waals surface area contributed by atoms with Gasteiger partial charge in [-0.3, -0.25) is 9.59 Å². The minimum absolute atomic E-state index is 0.00783. The molecular weight excluding hydrogens is 388 g/mol. The molecule has 0 aliphatic heterocycles.